The number of nitrogens with zero attached hydrogens (tertiary/aromatic N) is 7. The second-order valence-electron chi connectivity index (χ2n) is 10.3. The van der Waals surface area contributed by atoms with Crippen molar-refractivity contribution in [2.45, 2.75) is 18.5 Å². The van der Waals surface area contributed by atoms with Crippen LogP contribution in [0.2, 0.25) is 0 Å². The van der Waals surface area contributed by atoms with Crippen LogP contribution in [0.25, 0.3) is 50.2 Å². The van der Waals surface area contributed by atoms with E-state index in [1.54, 1.807) is 12.4 Å². The first-order valence-corrected chi connectivity index (χ1v) is 13.0. The fourth-order valence-electron chi connectivity index (χ4n) is 6.32. The molecule has 2 aromatic carbocycles. The molecule has 2 aliphatic rings. The van der Waals surface area contributed by atoms with E-state index in [1.807, 2.05) is 47.2 Å². The maximum atomic E-state index is 5.15. The Morgan fingerprint density at radius 3 is 2.53 bits per heavy atom. The molecule has 4 aromatic heterocycles. The van der Waals surface area contributed by atoms with Gasteiger partial charge in [-0.15, -0.1) is 0 Å². The average molecular weight is 499 g/mol. The van der Waals surface area contributed by atoms with Gasteiger partial charge in [-0.1, -0.05) is 24.3 Å². The molecule has 6 heterocycles. The predicted octanol–water partition coefficient (Wildman–Crippen LogP) is 4.89. The minimum atomic E-state index is 0.616. The number of H-pyrrole nitrogens is 1. The zero-order chi connectivity index (χ0) is 25.2. The number of aromatic nitrogens is 6. The lowest BCUT2D eigenvalue weighted by atomic mass is 9.99. The molecule has 38 heavy (non-hydrogen) atoms. The third kappa shape index (κ3) is 3.20. The molecule has 0 unspecified atom stereocenters. The summed E-state index contributed by atoms with van der Waals surface area (Å²) < 4.78 is 1.98. The number of pyridine rings is 1. The average Bonchev–Trinajstić information content (AvgIpc) is 3.75. The summed E-state index contributed by atoms with van der Waals surface area (Å²) in [6, 6.07) is 22.4. The van der Waals surface area contributed by atoms with Crippen LogP contribution < -0.4 is 4.90 Å². The van der Waals surface area contributed by atoms with Gasteiger partial charge < -0.3 is 4.90 Å². The summed E-state index contributed by atoms with van der Waals surface area (Å²) in [6.07, 6.45) is 8.62. The van der Waals surface area contributed by atoms with E-state index in [1.165, 1.54) is 12.1 Å². The first kappa shape index (κ1) is 21.5. The zero-order valence-electron chi connectivity index (χ0n) is 21.0. The zero-order valence-corrected chi connectivity index (χ0v) is 21.0. The number of hydrogen-bond donors (Lipinski definition) is 1. The van der Waals surface area contributed by atoms with E-state index in [2.05, 4.69) is 62.4 Å². The molecular weight excluding hydrogens is 472 g/mol. The molecule has 0 amide bonds. The Morgan fingerprint density at radius 2 is 1.74 bits per heavy atom. The van der Waals surface area contributed by atoms with Crippen LogP contribution in [0.1, 0.15) is 6.42 Å². The lowest BCUT2D eigenvalue weighted by Crippen LogP contribution is -2.44. The molecule has 0 saturated carbocycles. The highest BCUT2D eigenvalue weighted by atomic mass is 15.3. The highest BCUT2D eigenvalue weighted by Crippen LogP contribution is 2.39. The van der Waals surface area contributed by atoms with Crippen LogP contribution >= 0.6 is 0 Å². The van der Waals surface area contributed by atoms with Crippen molar-refractivity contribution in [3.8, 4) is 33.6 Å². The van der Waals surface area contributed by atoms with E-state index in [0.717, 1.165) is 63.3 Å². The standard InChI is InChI=1S/C30H26N8/c1-36-17-23-15-22(36)18-37(23)21-7-5-19(6-8-21)27-11-14-32-30-28(24-3-2-4-26-25(24)16-33-34-26)29(35-38(27)30)20-9-12-31-13-10-20/h2-14,16,22-23H,15,17-18H2,1H3,(H,33,34)/t22-,23+/m1/s1. The fourth-order valence-corrected chi connectivity index (χ4v) is 6.32. The maximum Gasteiger partial charge on any atom is 0.164 e. The molecule has 8 heteroatoms. The minimum Gasteiger partial charge on any atom is -0.366 e. The summed E-state index contributed by atoms with van der Waals surface area (Å²) in [6.45, 7) is 2.26. The van der Waals surface area contributed by atoms with Gasteiger partial charge in [0.05, 0.1) is 23.0 Å². The molecule has 2 atom stereocenters. The lowest BCUT2D eigenvalue weighted by Gasteiger charge is -2.33. The van der Waals surface area contributed by atoms with E-state index >= 15 is 0 Å². The smallest absolute Gasteiger partial charge is 0.164 e. The Morgan fingerprint density at radius 1 is 0.868 bits per heavy atom. The molecule has 2 saturated heterocycles. The van der Waals surface area contributed by atoms with Gasteiger partial charge in [-0.05, 0) is 55.4 Å². The van der Waals surface area contributed by atoms with Crippen LogP contribution in [0.5, 0.6) is 0 Å². The third-order valence-electron chi connectivity index (χ3n) is 8.24. The SMILES string of the molecule is CN1C[C@@H]2C[C@@H]1CN2c1ccc(-c2ccnc3c(-c4cccc5[nH]ncc45)c(-c4ccncc4)nn23)cc1. The first-order valence-electron chi connectivity index (χ1n) is 13.0. The number of anilines is 1. The van der Waals surface area contributed by atoms with Gasteiger partial charge >= 0.3 is 0 Å². The molecule has 2 fully saturated rings. The number of rotatable bonds is 4. The molecule has 8 rings (SSSR count). The van der Waals surface area contributed by atoms with Crippen molar-refractivity contribution in [3.05, 3.63) is 85.5 Å². The fraction of sp³-hybridized carbons (Fsp3) is 0.200. The number of hydrogen-bond acceptors (Lipinski definition) is 6. The summed E-state index contributed by atoms with van der Waals surface area (Å²) in [5.74, 6) is 0. The Balaban J connectivity index is 1.28. The maximum absolute atomic E-state index is 5.15. The normalized spacial score (nSPS) is 19.2. The van der Waals surface area contributed by atoms with Crippen LogP contribution in [0.3, 0.4) is 0 Å². The Bertz CT molecular complexity index is 1780. The van der Waals surface area contributed by atoms with Crippen molar-refractivity contribution < 1.29 is 0 Å². The van der Waals surface area contributed by atoms with Gasteiger partial charge in [0.2, 0.25) is 0 Å². The summed E-state index contributed by atoms with van der Waals surface area (Å²) in [4.78, 5) is 14.1. The predicted molar refractivity (Wildman–Crippen MR) is 149 cm³/mol. The van der Waals surface area contributed by atoms with E-state index in [-0.39, 0.29) is 0 Å². The largest absolute Gasteiger partial charge is 0.366 e. The van der Waals surface area contributed by atoms with Crippen LogP contribution in [-0.4, -0.2) is 66.9 Å². The second kappa shape index (κ2) is 8.22. The molecule has 0 aliphatic carbocycles. The van der Waals surface area contributed by atoms with Crippen molar-refractivity contribution >= 4 is 22.2 Å². The number of likely N-dealkylation sites (N-methyl/N-ethyl adjacent to an activating group) is 1. The Kier molecular flexibility index (Phi) is 4.66. The molecular formula is C30H26N8. The van der Waals surface area contributed by atoms with Crippen LogP contribution in [0.4, 0.5) is 5.69 Å². The number of benzene rings is 2. The highest BCUT2D eigenvalue weighted by molar-refractivity contribution is 6.02. The van der Waals surface area contributed by atoms with Crippen LogP contribution in [-0.2, 0) is 0 Å². The number of aromatic amines is 1. The first-order chi connectivity index (χ1) is 18.7. The molecule has 8 nitrogen and oxygen atoms in total. The van der Waals surface area contributed by atoms with Gasteiger partial charge in [0.25, 0.3) is 0 Å². The summed E-state index contributed by atoms with van der Waals surface area (Å²) in [5.41, 5.74) is 9.11. The van der Waals surface area contributed by atoms with Gasteiger partial charge in [-0.2, -0.15) is 10.2 Å². The lowest BCUT2D eigenvalue weighted by molar-refractivity contribution is 0.292. The van der Waals surface area contributed by atoms with Gasteiger partial charge in [0, 0.05) is 66.0 Å². The van der Waals surface area contributed by atoms with Crippen molar-refractivity contribution in [3.63, 3.8) is 0 Å². The van der Waals surface area contributed by atoms with Gasteiger partial charge in [0.15, 0.2) is 5.65 Å². The number of likely N-dealkylation sites (tertiary alicyclic amines) is 1. The second-order valence-corrected chi connectivity index (χ2v) is 10.3. The van der Waals surface area contributed by atoms with E-state index < -0.39 is 0 Å². The van der Waals surface area contributed by atoms with Crippen molar-refractivity contribution in [1.29, 1.82) is 0 Å². The summed E-state index contributed by atoms with van der Waals surface area (Å²) >= 11 is 0. The number of fused-ring (bicyclic) bond motifs is 4. The third-order valence-corrected chi connectivity index (χ3v) is 8.24. The quantitative estimate of drug-likeness (QED) is 0.373. The summed E-state index contributed by atoms with van der Waals surface area (Å²) in [5, 5.41) is 13.6. The number of piperazine rings is 1. The minimum absolute atomic E-state index is 0.616. The Labute approximate surface area is 219 Å². The molecule has 2 aliphatic heterocycles. The monoisotopic (exact) mass is 498 g/mol. The van der Waals surface area contributed by atoms with Crippen molar-refractivity contribution in [2.75, 3.05) is 25.0 Å². The van der Waals surface area contributed by atoms with E-state index in [9.17, 15) is 0 Å². The Hall–Kier alpha value is -4.56. The van der Waals surface area contributed by atoms with Crippen molar-refractivity contribution in [2.24, 2.45) is 0 Å². The van der Waals surface area contributed by atoms with Gasteiger partial charge in [0.1, 0.15) is 5.69 Å². The molecule has 6 aromatic rings. The van der Waals surface area contributed by atoms with Crippen molar-refractivity contribution in [1.82, 2.24) is 34.7 Å². The van der Waals surface area contributed by atoms with E-state index in [4.69, 9.17) is 10.1 Å². The van der Waals surface area contributed by atoms with Crippen LogP contribution in [0, 0.1) is 0 Å². The van der Waals surface area contributed by atoms with Gasteiger partial charge in [-0.25, -0.2) is 9.50 Å². The van der Waals surface area contributed by atoms with Gasteiger partial charge in [-0.3, -0.25) is 15.0 Å². The van der Waals surface area contributed by atoms with Crippen LogP contribution in [0.15, 0.2) is 85.5 Å². The molecule has 0 spiro atoms. The summed E-state index contributed by atoms with van der Waals surface area (Å²) in [7, 11) is 2.24. The van der Waals surface area contributed by atoms with E-state index in [0.29, 0.717) is 12.1 Å². The molecule has 2 bridgehead atoms. The number of nitrogens with one attached hydrogen (secondary N) is 1. The highest BCUT2D eigenvalue weighted by Gasteiger charge is 2.41. The topological polar surface area (TPSA) is 78.2 Å². The molecule has 186 valence electrons. The molecule has 0 radical (unpaired) electrons. The molecule has 1 N–H and O–H groups in total.